The van der Waals surface area contributed by atoms with Crippen molar-refractivity contribution in [2.45, 2.75) is 12.8 Å². The van der Waals surface area contributed by atoms with Gasteiger partial charge in [-0.05, 0) is 42.3 Å². The van der Waals surface area contributed by atoms with Gasteiger partial charge in [0.15, 0.2) is 0 Å². The van der Waals surface area contributed by atoms with Crippen molar-refractivity contribution in [3.05, 3.63) is 90.3 Å². The van der Waals surface area contributed by atoms with Crippen molar-refractivity contribution in [3.63, 3.8) is 0 Å². The molecule has 0 atom stereocenters. The highest BCUT2D eigenvalue weighted by Gasteiger charge is 2.07. The van der Waals surface area contributed by atoms with E-state index in [1.54, 1.807) is 42.6 Å². The number of benzene rings is 2. The summed E-state index contributed by atoms with van der Waals surface area (Å²) < 4.78 is 0. The van der Waals surface area contributed by atoms with Crippen LogP contribution in [0.5, 0.6) is 0 Å². The molecule has 0 saturated heterocycles. The molecule has 3 rings (SSSR count). The van der Waals surface area contributed by atoms with Crippen molar-refractivity contribution < 1.29 is 9.59 Å². The summed E-state index contributed by atoms with van der Waals surface area (Å²) in [4.78, 5) is 28.2. The van der Waals surface area contributed by atoms with E-state index in [-0.39, 0.29) is 11.8 Å². The molecule has 0 fully saturated rings. The number of aromatic nitrogens is 1. The molecule has 2 amide bonds. The summed E-state index contributed by atoms with van der Waals surface area (Å²) in [5.74, 6) is -0.310. The van der Waals surface area contributed by atoms with Crippen molar-refractivity contribution in [3.8, 4) is 0 Å². The van der Waals surface area contributed by atoms with E-state index < -0.39 is 0 Å². The van der Waals surface area contributed by atoms with Crippen molar-refractivity contribution in [1.29, 1.82) is 0 Å². The molecule has 5 nitrogen and oxygen atoms in total. The van der Waals surface area contributed by atoms with Gasteiger partial charge in [-0.2, -0.15) is 0 Å². The number of aryl methyl sites for hydroxylation is 1. The Morgan fingerprint density at radius 2 is 1.62 bits per heavy atom. The smallest absolute Gasteiger partial charge is 0.257 e. The number of anilines is 2. The summed E-state index contributed by atoms with van der Waals surface area (Å²) in [6, 6.07) is 20.4. The first kappa shape index (κ1) is 17.4. The Labute approximate surface area is 152 Å². The summed E-state index contributed by atoms with van der Waals surface area (Å²) >= 11 is 0. The normalized spacial score (nSPS) is 10.2. The number of nitrogens with zero attached hydrogens (tertiary/aromatic N) is 1. The van der Waals surface area contributed by atoms with Gasteiger partial charge in [0.05, 0.1) is 5.56 Å². The third-order valence-electron chi connectivity index (χ3n) is 3.81. The highest BCUT2D eigenvalue weighted by molar-refractivity contribution is 6.04. The Balaban J connectivity index is 1.57. The molecule has 130 valence electrons. The predicted octanol–water partition coefficient (Wildman–Crippen LogP) is 3.91. The molecule has 2 aromatic carbocycles. The average Bonchev–Trinajstić information content (AvgIpc) is 2.68. The van der Waals surface area contributed by atoms with Gasteiger partial charge in [0, 0.05) is 30.2 Å². The molecule has 0 radical (unpaired) electrons. The van der Waals surface area contributed by atoms with E-state index in [2.05, 4.69) is 15.6 Å². The molecule has 0 spiro atoms. The second-order valence-corrected chi connectivity index (χ2v) is 5.81. The van der Waals surface area contributed by atoms with Crippen molar-refractivity contribution in [2.75, 3.05) is 10.6 Å². The topological polar surface area (TPSA) is 71.1 Å². The van der Waals surface area contributed by atoms with Crippen LogP contribution in [0.25, 0.3) is 0 Å². The largest absolute Gasteiger partial charge is 0.326 e. The number of rotatable bonds is 6. The van der Waals surface area contributed by atoms with Crippen LogP contribution >= 0.6 is 0 Å². The standard InChI is InChI=1S/C21H19N3O2/c25-20(12-11-16-6-2-1-3-7-16)23-18-9-4-10-19(14-18)24-21(26)17-8-5-13-22-15-17/h1-10,13-15H,11-12H2,(H,23,25)(H,24,26). The quantitative estimate of drug-likeness (QED) is 0.712. The molecule has 0 aliphatic carbocycles. The van der Waals surface area contributed by atoms with Gasteiger partial charge in [0.25, 0.3) is 5.91 Å². The van der Waals surface area contributed by atoms with Crippen LogP contribution in [-0.4, -0.2) is 16.8 Å². The molecule has 5 heteroatoms. The monoisotopic (exact) mass is 345 g/mol. The zero-order valence-electron chi connectivity index (χ0n) is 14.2. The molecule has 3 aromatic rings. The Morgan fingerprint density at radius 1 is 0.846 bits per heavy atom. The number of pyridine rings is 1. The minimum atomic E-state index is -0.245. The minimum Gasteiger partial charge on any atom is -0.326 e. The van der Waals surface area contributed by atoms with Crippen LogP contribution in [0.2, 0.25) is 0 Å². The van der Waals surface area contributed by atoms with E-state index in [9.17, 15) is 9.59 Å². The van der Waals surface area contributed by atoms with Crippen LogP contribution in [-0.2, 0) is 11.2 Å². The first-order valence-electron chi connectivity index (χ1n) is 8.36. The van der Waals surface area contributed by atoms with Gasteiger partial charge in [-0.3, -0.25) is 14.6 Å². The molecule has 0 unspecified atom stereocenters. The Morgan fingerprint density at radius 3 is 2.35 bits per heavy atom. The molecule has 1 aromatic heterocycles. The Kier molecular flexibility index (Phi) is 5.72. The van der Waals surface area contributed by atoms with Gasteiger partial charge < -0.3 is 10.6 Å². The molecule has 1 heterocycles. The first-order valence-corrected chi connectivity index (χ1v) is 8.36. The number of amides is 2. The second kappa shape index (κ2) is 8.58. The fourth-order valence-corrected chi connectivity index (χ4v) is 2.50. The fourth-order valence-electron chi connectivity index (χ4n) is 2.50. The van der Waals surface area contributed by atoms with Crippen LogP contribution in [0.1, 0.15) is 22.3 Å². The summed E-state index contributed by atoms with van der Waals surface area (Å²) in [5.41, 5.74) is 2.86. The minimum absolute atomic E-state index is 0.0652. The number of carbonyl (C=O) groups excluding carboxylic acids is 2. The van der Waals surface area contributed by atoms with Crippen LogP contribution in [0.4, 0.5) is 11.4 Å². The zero-order valence-corrected chi connectivity index (χ0v) is 14.2. The van der Waals surface area contributed by atoms with E-state index in [0.717, 1.165) is 5.56 Å². The van der Waals surface area contributed by atoms with Gasteiger partial charge in [-0.25, -0.2) is 0 Å². The maximum absolute atomic E-state index is 12.2. The lowest BCUT2D eigenvalue weighted by Crippen LogP contribution is -2.14. The van der Waals surface area contributed by atoms with Crippen LogP contribution < -0.4 is 10.6 Å². The first-order chi connectivity index (χ1) is 12.7. The molecular weight excluding hydrogens is 326 g/mol. The second-order valence-electron chi connectivity index (χ2n) is 5.81. The summed E-state index contributed by atoms with van der Waals surface area (Å²) in [7, 11) is 0. The number of hydrogen-bond acceptors (Lipinski definition) is 3. The third kappa shape index (κ3) is 5.01. The maximum Gasteiger partial charge on any atom is 0.257 e. The lowest BCUT2D eigenvalue weighted by atomic mass is 10.1. The van der Waals surface area contributed by atoms with Crippen molar-refractivity contribution in [2.24, 2.45) is 0 Å². The molecule has 0 bridgehead atoms. The van der Waals surface area contributed by atoms with E-state index in [1.165, 1.54) is 6.20 Å². The summed E-state index contributed by atoms with van der Waals surface area (Å²) in [5, 5.41) is 5.66. The average molecular weight is 345 g/mol. The van der Waals surface area contributed by atoms with Gasteiger partial charge in [0.2, 0.25) is 5.91 Å². The van der Waals surface area contributed by atoms with E-state index in [0.29, 0.717) is 29.8 Å². The maximum atomic E-state index is 12.2. The molecule has 0 aliphatic heterocycles. The lowest BCUT2D eigenvalue weighted by molar-refractivity contribution is -0.116. The highest BCUT2D eigenvalue weighted by atomic mass is 16.2. The SMILES string of the molecule is O=C(CCc1ccccc1)Nc1cccc(NC(=O)c2cccnc2)c1. The molecule has 26 heavy (non-hydrogen) atoms. The highest BCUT2D eigenvalue weighted by Crippen LogP contribution is 2.16. The van der Waals surface area contributed by atoms with Crippen LogP contribution in [0.15, 0.2) is 79.1 Å². The van der Waals surface area contributed by atoms with E-state index in [4.69, 9.17) is 0 Å². The van der Waals surface area contributed by atoms with Crippen molar-refractivity contribution >= 4 is 23.2 Å². The van der Waals surface area contributed by atoms with Gasteiger partial charge in [0.1, 0.15) is 0 Å². The lowest BCUT2D eigenvalue weighted by Gasteiger charge is -2.09. The number of carbonyl (C=O) groups is 2. The predicted molar refractivity (Wildman–Crippen MR) is 102 cm³/mol. The van der Waals surface area contributed by atoms with E-state index in [1.807, 2.05) is 30.3 Å². The zero-order chi connectivity index (χ0) is 18.2. The van der Waals surface area contributed by atoms with Gasteiger partial charge >= 0.3 is 0 Å². The Bertz CT molecular complexity index is 880. The molecule has 0 aliphatic rings. The van der Waals surface area contributed by atoms with E-state index >= 15 is 0 Å². The molecule has 2 N–H and O–H groups in total. The van der Waals surface area contributed by atoms with Gasteiger partial charge in [-0.15, -0.1) is 0 Å². The van der Waals surface area contributed by atoms with Crippen LogP contribution in [0, 0.1) is 0 Å². The van der Waals surface area contributed by atoms with Crippen LogP contribution in [0.3, 0.4) is 0 Å². The van der Waals surface area contributed by atoms with Crippen molar-refractivity contribution in [1.82, 2.24) is 4.98 Å². The van der Waals surface area contributed by atoms with Gasteiger partial charge in [-0.1, -0.05) is 36.4 Å². The summed E-state index contributed by atoms with van der Waals surface area (Å²) in [6.45, 7) is 0. The number of hydrogen-bond donors (Lipinski definition) is 2. The fraction of sp³-hybridized carbons (Fsp3) is 0.0952. The molecular formula is C21H19N3O2. The summed E-state index contributed by atoms with van der Waals surface area (Å²) in [6.07, 6.45) is 4.20. The Hall–Kier alpha value is -3.47. The number of nitrogens with one attached hydrogen (secondary N) is 2. The molecule has 0 saturated carbocycles. The third-order valence-corrected chi connectivity index (χ3v) is 3.81.